The highest BCUT2D eigenvalue weighted by atomic mass is 16.5. The quantitative estimate of drug-likeness (QED) is 0.864. The maximum absolute atomic E-state index is 5.87. The first-order chi connectivity index (χ1) is 9.22. The number of hydrogen-bond acceptors (Lipinski definition) is 3. The van der Waals surface area contributed by atoms with Gasteiger partial charge < -0.3 is 15.8 Å². The Kier molecular flexibility index (Phi) is 4.42. The topological polar surface area (TPSA) is 47.3 Å². The number of benzene rings is 2. The second-order valence-corrected chi connectivity index (χ2v) is 4.58. The van der Waals surface area contributed by atoms with Crippen LogP contribution in [-0.4, -0.2) is 13.7 Å². The zero-order valence-electron chi connectivity index (χ0n) is 11.4. The Balaban J connectivity index is 2.17. The third kappa shape index (κ3) is 3.48. The molecule has 0 aliphatic carbocycles. The van der Waals surface area contributed by atoms with Crippen LogP contribution in [0.25, 0.3) is 0 Å². The lowest BCUT2D eigenvalue weighted by atomic mass is 10.1. The van der Waals surface area contributed by atoms with E-state index in [0.717, 1.165) is 17.0 Å². The molecule has 3 nitrogen and oxygen atoms in total. The molecule has 1 atom stereocenters. The van der Waals surface area contributed by atoms with Gasteiger partial charge in [0.25, 0.3) is 0 Å². The summed E-state index contributed by atoms with van der Waals surface area (Å²) < 4.78 is 5.25. The van der Waals surface area contributed by atoms with Crippen molar-refractivity contribution in [2.24, 2.45) is 5.73 Å². The molecule has 3 N–H and O–H groups in total. The van der Waals surface area contributed by atoms with Gasteiger partial charge in [0.2, 0.25) is 0 Å². The van der Waals surface area contributed by atoms with Crippen LogP contribution in [0.2, 0.25) is 0 Å². The van der Waals surface area contributed by atoms with Gasteiger partial charge in [-0.3, -0.25) is 0 Å². The van der Waals surface area contributed by atoms with E-state index in [-0.39, 0.29) is 6.04 Å². The Hall–Kier alpha value is -2.00. The van der Waals surface area contributed by atoms with Crippen molar-refractivity contribution < 1.29 is 4.74 Å². The molecule has 0 saturated carbocycles. The van der Waals surface area contributed by atoms with Crippen molar-refractivity contribution in [3.05, 3.63) is 59.7 Å². The molecule has 2 aromatic carbocycles. The smallest absolute Gasteiger partial charge is 0.119 e. The maximum Gasteiger partial charge on any atom is 0.119 e. The Bertz CT molecular complexity index is 523. The molecule has 0 aliphatic heterocycles. The summed E-state index contributed by atoms with van der Waals surface area (Å²) >= 11 is 0. The lowest BCUT2D eigenvalue weighted by Crippen LogP contribution is -2.20. The van der Waals surface area contributed by atoms with Crippen LogP contribution in [0.5, 0.6) is 5.75 Å². The Morgan fingerprint density at radius 2 is 1.89 bits per heavy atom. The average molecular weight is 256 g/mol. The highest BCUT2D eigenvalue weighted by molar-refractivity contribution is 5.47. The van der Waals surface area contributed by atoms with Gasteiger partial charge in [0.1, 0.15) is 5.75 Å². The van der Waals surface area contributed by atoms with Crippen LogP contribution in [0, 0.1) is 6.92 Å². The number of nitrogens with one attached hydrogen (secondary N) is 1. The minimum atomic E-state index is 0.0813. The first-order valence-corrected chi connectivity index (χ1v) is 6.40. The maximum atomic E-state index is 5.87. The van der Waals surface area contributed by atoms with E-state index >= 15 is 0 Å². The van der Waals surface area contributed by atoms with Crippen molar-refractivity contribution >= 4 is 5.69 Å². The molecule has 1 unspecified atom stereocenters. The number of ether oxygens (including phenoxy) is 1. The van der Waals surface area contributed by atoms with Crippen molar-refractivity contribution in [1.82, 2.24) is 0 Å². The van der Waals surface area contributed by atoms with Gasteiger partial charge in [-0.15, -0.1) is 0 Å². The number of aryl methyl sites for hydroxylation is 1. The summed E-state index contributed by atoms with van der Waals surface area (Å²) in [6.45, 7) is 2.60. The average Bonchev–Trinajstić information content (AvgIpc) is 2.46. The number of methoxy groups -OCH3 is 1. The molecule has 19 heavy (non-hydrogen) atoms. The van der Waals surface area contributed by atoms with Gasteiger partial charge in [0.15, 0.2) is 0 Å². The van der Waals surface area contributed by atoms with Crippen molar-refractivity contribution in [3.63, 3.8) is 0 Å². The molecule has 0 saturated heterocycles. The summed E-state index contributed by atoms with van der Waals surface area (Å²) in [5.74, 6) is 0.849. The van der Waals surface area contributed by atoms with Gasteiger partial charge in [0, 0.05) is 12.2 Å². The molecular formula is C16H20N2O. The minimum absolute atomic E-state index is 0.0813. The van der Waals surface area contributed by atoms with Crippen molar-refractivity contribution in [2.75, 3.05) is 19.0 Å². The third-order valence-electron chi connectivity index (χ3n) is 3.12. The van der Waals surface area contributed by atoms with Crippen LogP contribution in [0.4, 0.5) is 5.69 Å². The van der Waals surface area contributed by atoms with Crippen molar-refractivity contribution in [2.45, 2.75) is 13.0 Å². The summed E-state index contributed by atoms with van der Waals surface area (Å²) in [5, 5.41) is 3.44. The predicted molar refractivity (Wildman–Crippen MR) is 79.6 cm³/mol. The molecule has 0 aromatic heterocycles. The molecule has 0 amide bonds. The van der Waals surface area contributed by atoms with Gasteiger partial charge in [-0.25, -0.2) is 0 Å². The first-order valence-electron chi connectivity index (χ1n) is 6.40. The Morgan fingerprint density at radius 3 is 2.53 bits per heavy atom. The molecule has 100 valence electrons. The summed E-state index contributed by atoms with van der Waals surface area (Å²) in [6, 6.07) is 16.4. The van der Waals surface area contributed by atoms with Crippen LogP contribution < -0.4 is 15.8 Å². The third-order valence-corrected chi connectivity index (χ3v) is 3.12. The van der Waals surface area contributed by atoms with Gasteiger partial charge >= 0.3 is 0 Å². The zero-order valence-corrected chi connectivity index (χ0v) is 11.4. The van der Waals surface area contributed by atoms with E-state index in [1.807, 2.05) is 18.2 Å². The predicted octanol–water partition coefficient (Wildman–Crippen LogP) is 3.12. The van der Waals surface area contributed by atoms with Crippen LogP contribution in [-0.2, 0) is 0 Å². The van der Waals surface area contributed by atoms with Gasteiger partial charge in [-0.05, 0) is 36.8 Å². The fraction of sp³-hybridized carbons (Fsp3) is 0.250. The van der Waals surface area contributed by atoms with E-state index in [2.05, 4.69) is 42.6 Å². The molecule has 2 rings (SSSR count). The number of anilines is 1. The lowest BCUT2D eigenvalue weighted by molar-refractivity contribution is 0.414. The van der Waals surface area contributed by atoms with Crippen LogP contribution >= 0.6 is 0 Å². The highest BCUT2D eigenvalue weighted by Crippen LogP contribution is 2.22. The standard InChI is InChI=1S/C16H20N2O/c1-12-6-8-14(9-7-12)18-16(11-17)13-4-3-5-15(10-13)19-2/h3-10,16,18H,11,17H2,1-2H3. The molecule has 3 heteroatoms. The number of hydrogen-bond donors (Lipinski definition) is 2. The fourth-order valence-corrected chi connectivity index (χ4v) is 1.99. The zero-order chi connectivity index (χ0) is 13.7. The first kappa shape index (κ1) is 13.4. The summed E-state index contributed by atoms with van der Waals surface area (Å²) in [6.07, 6.45) is 0. The number of nitrogens with two attached hydrogens (primary N) is 1. The van der Waals surface area contributed by atoms with Gasteiger partial charge in [0.05, 0.1) is 13.2 Å². The second-order valence-electron chi connectivity index (χ2n) is 4.58. The van der Waals surface area contributed by atoms with Crippen LogP contribution in [0.15, 0.2) is 48.5 Å². The van der Waals surface area contributed by atoms with Gasteiger partial charge in [-0.2, -0.15) is 0 Å². The second kappa shape index (κ2) is 6.25. The van der Waals surface area contributed by atoms with Gasteiger partial charge in [-0.1, -0.05) is 29.8 Å². The molecule has 0 bridgehead atoms. The van der Waals surface area contributed by atoms with Crippen molar-refractivity contribution in [3.8, 4) is 5.75 Å². The Morgan fingerprint density at radius 1 is 1.16 bits per heavy atom. The summed E-state index contributed by atoms with van der Waals surface area (Å²) in [4.78, 5) is 0. The summed E-state index contributed by atoms with van der Waals surface area (Å²) in [5.41, 5.74) is 9.32. The fourth-order valence-electron chi connectivity index (χ4n) is 1.99. The van der Waals surface area contributed by atoms with E-state index in [9.17, 15) is 0 Å². The van der Waals surface area contributed by atoms with Crippen LogP contribution in [0.1, 0.15) is 17.2 Å². The van der Waals surface area contributed by atoms with Crippen LogP contribution in [0.3, 0.4) is 0 Å². The van der Waals surface area contributed by atoms with Crippen molar-refractivity contribution in [1.29, 1.82) is 0 Å². The normalized spacial score (nSPS) is 11.9. The van der Waals surface area contributed by atoms with E-state index < -0.39 is 0 Å². The number of rotatable bonds is 5. The Labute approximate surface area is 114 Å². The molecule has 0 radical (unpaired) electrons. The lowest BCUT2D eigenvalue weighted by Gasteiger charge is -2.19. The van der Waals surface area contributed by atoms with E-state index in [4.69, 9.17) is 10.5 Å². The van der Waals surface area contributed by atoms with E-state index in [1.165, 1.54) is 5.56 Å². The molecular weight excluding hydrogens is 236 g/mol. The molecule has 0 aliphatic rings. The molecule has 0 heterocycles. The van der Waals surface area contributed by atoms with E-state index in [1.54, 1.807) is 7.11 Å². The van der Waals surface area contributed by atoms with E-state index in [0.29, 0.717) is 6.54 Å². The summed E-state index contributed by atoms with van der Waals surface area (Å²) in [7, 11) is 1.67. The SMILES string of the molecule is COc1cccc(C(CN)Nc2ccc(C)cc2)c1. The highest BCUT2D eigenvalue weighted by Gasteiger charge is 2.10. The monoisotopic (exact) mass is 256 g/mol. The molecule has 0 fully saturated rings. The minimum Gasteiger partial charge on any atom is -0.497 e. The molecule has 2 aromatic rings. The molecule has 0 spiro atoms. The largest absolute Gasteiger partial charge is 0.497 e.